The quantitative estimate of drug-likeness (QED) is 0.494. The van der Waals surface area contributed by atoms with Gasteiger partial charge in [0.2, 0.25) is 0 Å². The molecule has 0 aliphatic rings. The van der Waals surface area contributed by atoms with E-state index in [0.29, 0.717) is 0 Å². The maximum atomic E-state index is 10.2. The Kier molecular flexibility index (Phi) is 4.06. The molecule has 0 fully saturated rings. The molecule has 0 spiro atoms. The highest BCUT2D eigenvalue weighted by Crippen LogP contribution is 1.97. The van der Waals surface area contributed by atoms with Gasteiger partial charge in [0, 0.05) is 6.42 Å². The first-order chi connectivity index (χ1) is 4.54. The number of carbonyl (C=O) groups is 2. The SMILES string of the molecule is N[C@@H](CCC(=O)S)C(=O)O. The van der Waals surface area contributed by atoms with Crippen molar-refractivity contribution in [3.05, 3.63) is 0 Å². The third-order valence-corrected chi connectivity index (χ3v) is 1.21. The Hall–Kier alpha value is -0.550. The maximum Gasteiger partial charge on any atom is 0.320 e. The summed E-state index contributed by atoms with van der Waals surface area (Å²) in [5, 5.41) is 7.90. The van der Waals surface area contributed by atoms with Crippen molar-refractivity contribution in [1.82, 2.24) is 0 Å². The van der Waals surface area contributed by atoms with Gasteiger partial charge in [0.05, 0.1) is 0 Å². The van der Waals surface area contributed by atoms with Crippen molar-refractivity contribution >= 4 is 23.7 Å². The van der Waals surface area contributed by atoms with E-state index in [1.807, 2.05) is 0 Å². The molecule has 0 aliphatic carbocycles. The van der Waals surface area contributed by atoms with Crippen LogP contribution in [0.5, 0.6) is 0 Å². The number of hydrogen-bond acceptors (Lipinski definition) is 3. The molecule has 0 bridgehead atoms. The van der Waals surface area contributed by atoms with Crippen LogP contribution in [-0.4, -0.2) is 22.2 Å². The van der Waals surface area contributed by atoms with Gasteiger partial charge in [0.1, 0.15) is 6.04 Å². The van der Waals surface area contributed by atoms with E-state index in [0.717, 1.165) is 0 Å². The lowest BCUT2D eigenvalue weighted by Crippen LogP contribution is -2.30. The van der Waals surface area contributed by atoms with E-state index in [1.54, 1.807) is 0 Å². The van der Waals surface area contributed by atoms with Gasteiger partial charge in [-0.15, -0.1) is 12.6 Å². The minimum Gasteiger partial charge on any atom is -0.480 e. The number of rotatable bonds is 4. The number of aliphatic carboxylic acids is 1. The Morgan fingerprint density at radius 1 is 1.60 bits per heavy atom. The summed E-state index contributed by atoms with van der Waals surface area (Å²) in [4.78, 5) is 20.2. The van der Waals surface area contributed by atoms with Crippen LogP contribution in [0.4, 0.5) is 0 Å². The molecule has 4 nitrogen and oxygen atoms in total. The van der Waals surface area contributed by atoms with Gasteiger partial charge in [-0.05, 0) is 6.42 Å². The lowest BCUT2D eigenvalue weighted by molar-refractivity contribution is -0.138. The lowest BCUT2D eigenvalue weighted by Gasteiger charge is -2.01. The molecule has 0 rings (SSSR count). The highest BCUT2D eigenvalue weighted by Gasteiger charge is 2.11. The summed E-state index contributed by atoms with van der Waals surface area (Å²) in [6.45, 7) is 0. The van der Waals surface area contributed by atoms with E-state index in [4.69, 9.17) is 10.8 Å². The van der Waals surface area contributed by atoms with Gasteiger partial charge in [-0.2, -0.15) is 0 Å². The number of carboxylic acid groups (broad SMARTS) is 1. The standard InChI is InChI=1S/C5H9NO3S/c6-3(5(8)9)1-2-4(7)10/h3H,1-2,6H2,(H,7,10)(H,8,9)/t3-/m0/s1. The van der Waals surface area contributed by atoms with Gasteiger partial charge in [0.15, 0.2) is 5.12 Å². The van der Waals surface area contributed by atoms with E-state index in [1.165, 1.54) is 0 Å². The predicted octanol–water partition coefficient (Wildman–Crippen LogP) is -0.365. The van der Waals surface area contributed by atoms with Gasteiger partial charge < -0.3 is 10.8 Å². The van der Waals surface area contributed by atoms with E-state index in [-0.39, 0.29) is 18.0 Å². The first kappa shape index (κ1) is 9.45. The molecule has 58 valence electrons. The molecule has 0 aromatic carbocycles. The molecule has 3 N–H and O–H groups in total. The van der Waals surface area contributed by atoms with Crippen LogP contribution in [0.15, 0.2) is 0 Å². The van der Waals surface area contributed by atoms with Gasteiger partial charge >= 0.3 is 5.97 Å². The Labute approximate surface area is 63.8 Å². The zero-order valence-corrected chi connectivity index (χ0v) is 6.17. The van der Waals surface area contributed by atoms with Crippen molar-refractivity contribution in [3.8, 4) is 0 Å². The first-order valence-electron chi connectivity index (χ1n) is 2.74. The predicted molar refractivity (Wildman–Crippen MR) is 38.8 cm³/mol. The number of carbonyl (C=O) groups excluding carboxylic acids is 1. The Morgan fingerprint density at radius 3 is 2.40 bits per heavy atom. The Morgan fingerprint density at radius 2 is 2.10 bits per heavy atom. The summed E-state index contributed by atoms with van der Waals surface area (Å²) in [7, 11) is 0. The number of hydrogen-bond donors (Lipinski definition) is 3. The molecule has 0 radical (unpaired) electrons. The van der Waals surface area contributed by atoms with Gasteiger partial charge in [-0.3, -0.25) is 9.59 Å². The number of carboxylic acids is 1. The fourth-order valence-corrected chi connectivity index (χ4v) is 0.532. The van der Waals surface area contributed by atoms with Crippen molar-refractivity contribution in [2.24, 2.45) is 5.73 Å². The van der Waals surface area contributed by atoms with Crippen LogP contribution in [0.2, 0.25) is 0 Å². The van der Waals surface area contributed by atoms with Crippen LogP contribution in [0.3, 0.4) is 0 Å². The van der Waals surface area contributed by atoms with Crippen molar-refractivity contribution in [2.75, 3.05) is 0 Å². The molecular weight excluding hydrogens is 154 g/mol. The van der Waals surface area contributed by atoms with Crippen molar-refractivity contribution in [2.45, 2.75) is 18.9 Å². The van der Waals surface area contributed by atoms with Crippen LogP contribution >= 0.6 is 12.6 Å². The van der Waals surface area contributed by atoms with Gasteiger partial charge in [-0.25, -0.2) is 0 Å². The van der Waals surface area contributed by atoms with Crippen LogP contribution in [0, 0.1) is 0 Å². The summed E-state index contributed by atoms with van der Waals surface area (Å²) < 4.78 is 0. The first-order valence-corrected chi connectivity index (χ1v) is 3.19. The summed E-state index contributed by atoms with van der Waals surface area (Å²) in [5.74, 6) is -1.09. The minimum atomic E-state index is -1.09. The molecule has 5 heteroatoms. The fraction of sp³-hybridized carbons (Fsp3) is 0.600. The van der Waals surface area contributed by atoms with Crippen LogP contribution in [0.25, 0.3) is 0 Å². The average Bonchev–Trinajstić information content (AvgIpc) is 1.82. The highest BCUT2D eigenvalue weighted by atomic mass is 32.1. The van der Waals surface area contributed by atoms with Crippen LogP contribution in [0.1, 0.15) is 12.8 Å². The van der Waals surface area contributed by atoms with Crippen molar-refractivity contribution in [1.29, 1.82) is 0 Å². The number of nitrogens with two attached hydrogens (primary N) is 1. The van der Waals surface area contributed by atoms with Crippen molar-refractivity contribution in [3.63, 3.8) is 0 Å². The second-order valence-electron chi connectivity index (χ2n) is 1.88. The molecule has 0 aliphatic heterocycles. The van der Waals surface area contributed by atoms with E-state index in [9.17, 15) is 9.59 Å². The van der Waals surface area contributed by atoms with E-state index < -0.39 is 12.0 Å². The third kappa shape index (κ3) is 4.34. The second-order valence-corrected chi connectivity index (χ2v) is 2.38. The molecule has 0 amide bonds. The molecule has 0 heterocycles. The molecule has 0 saturated carbocycles. The zero-order valence-electron chi connectivity index (χ0n) is 5.28. The molecule has 0 aromatic heterocycles. The highest BCUT2D eigenvalue weighted by molar-refractivity contribution is 7.96. The summed E-state index contributed by atoms with van der Waals surface area (Å²) in [5.41, 5.74) is 5.08. The molecule has 1 atom stereocenters. The summed E-state index contributed by atoms with van der Waals surface area (Å²) in [6.07, 6.45) is 0.258. The Bertz CT molecular complexity index is 148. The monoisotopic (exact) mass is 163 g/mol. The second kappa shape index (κ2) is 4.29. The van der Waals surface area contributed by atoms with E-state index in [2.05, 4.69) is 12.6 Å². The number of thiol groups is 1. The largest absolute Gasteiger partial charge is 0.480 e. The minimum absolute atomic E-state index is 0.108. The summed E-state index contributed by atoms with van der Waals surface area (Å²) >= 11 is 3.45. The molecule has 10 heavy (non-hydrogen) atoms. The molecule has 0 saturated heterocycles. The smallest absolute Gasteiger partial charge is 0.320 e. The van der Waals surface area contributed by atoms with Crippen LogP contribution in [-0.2, 0) is 9.59 Å². The maximum absolute atomic E-state index is 10.2. The lowest BCUT2D eigenvalue weighted by atomic mass is 10.2. The van der Waals surface area contributed by atoms with Gasteiger partial charge in [-0.1, -0.05) is 0 Å². The van der Waals surface area contributed by atoms with Crippen LogP contribution < -0.4 is 5.73 Å². The average molecular weight is 163 g/mol. The molecule has 0 unspecified atom stereocenters. The van der Waals surface area contributed by atoms with Crippen molar-refractivity contribution < 1.29 is 14.7 Å². The Balaban J connectivity index is 3.49. The topological polar surface area (TPSA) is 80.4 Å². The molecule has 0 aromatic rings. The van der Waals surface area contributed by atoms with Gasteiger partial charge in [0.25, 0.3) is 0 Å². The third-order valence-electron chi connectivity index (χ3n) is 0.986. The normalized spacial score (nSPS) is 12.6. The van der Waals surface area contributed by atoms with E-state index >= 15 is 0 Å². The fourth-order valence-electron chi connectivity index (χ4n) is 0.402. The molecular formula is C5H9NO3S. The summed E-state index contributed by atoms with van der Waals surface area (Å²) in [6, 6.07) is -0.948. The zero-order chi connectivity index (χ0) is 8.15.